The summed E-state index contributed by atoms with van der Waals surface area (Å²) in [5.74, 6) is 0.218. The van der Waals surface area contributed by atoms with Crippen LogP contribution >= 0.6 is 11.8 Å². The number of para-hydroxylation sites is 1. The lowest BCUT2D eigenvalue weighted by Crippen LogP contribution is -2.37. The van der Waals surface area contributed by atoms with E-state index in [0.717, 1.165) is 16.0 Å². The van der Waals surface area contributed by atoms with E-state index in [1.807, 2.05) is 42.5 Å². The molecule has 4 nitrogen and oxygen atoms in total. The number of anilines is 1. The minimum Gasteiger partial charge on any atom is -0.464 e. The first-order valence-corrected chi connectivity index (χ1v) is 8.04. The van der Waals surface area contributed by atoms with Crippen LogP contribution in [0.3, 0.4) is 0 Å². The fourth-order valence-corrected chi connectivity index (χ4v) is 3.88. The molecule has 3 rings (SSSR count). The Bertz CT molecular complexity index is 702. The number of thioether (sulfide) groups is 1. The van der Waals surface area contributed by atoms with Crippen molar-refractivity contribution < 1.29 is 14.7 Å². The number of carbonyl (C=O) groups excluding carboxylic acids is 1. The highest BCUT2D eigenvalue weighted by Crippen LogP contribution is 2.42. The van der Waals surface area contributed by atoms with Crippen molar-refractivity contribution in [1.29, 1.82) is 0 Å². The van der Waals surface area contributed by atoms with Crippen molar-refractivity contribution in [2.75, 3.05) is 10.7 Å². The minimum atomic E-state index is -1.23. The topological polar surface area (TPSA) is 57.6 Å². The Morgan fingerprint density at radius 2 is 1.77 bits per heavy atom. The van der Waals surface area contributed by atoms with Crippen LogP contribution in [0.2, 0.25) is 0 Å². The number of imide groups is 1. The first-order valence-electron chi connectivity index (χ1n) is 7.00. The molecular weight excluding hydrogens is 298 g/mol. The van der Waals surface area contributed by atoms with Gasteiger partial charge in [0, 0.05) is 12.2 Å². The Morgan fingerprint density at radius 3 is 2.50 bits per heavy atom. The summed E-state index contributed by atoms with van der Waals surface area (Å²) in [4.78, 5) is 24.6. The second-order valence-corrected chi connectivity index (χ2v) is 6.20. The number of amides is 2. The number of benzene rings is 2. The quantitative estimate of drug-likeness (QED) is 0.867. The fraction of sp³-hybridized carbons (Fsp3) is 0.176. The monoisotopic (exact) mass is 313 g/mol. The summed E-state index contributed by atoms with van der Waals surface area (Å²) >= 11 is 1.67. The third kappa shape index (κ3) is 2.72. The van der Waals surface area contributed by atoms with Crippen LogP contribution in [0.25, 0.3) is 0 Å². The SMILES string of the molecule is O=C(O)N1C(=O)CCSC(c2ccccc2)c2ccccc21. The Hall–Kier alpha value is -2.27. The van der Waals surface area contributed by atoms with Gasteiger partial charge in [0.15, 0.2) is 0 Å². The molecular formula is C17H15NO3S. The van der Waals surface area contributed by atoms with Crippen molar-refractivity contribution in [3.8, 4) is 0 Å². The molecule has 0 spiro atoms. The minimum absolute atomic E-state index is 0.0207. The second kappa shape index (κ2) is 6.23. The van der Waals surface area contributed by atoms with Crippen molar-refractivity contribution in [1.82, 2.24) is 0 Å². The highest BCUT2D eigenvalue weighted by Gasteiger charge is 2.30. The van der Waals surface area contributed by atoms with E-state index in [4.69, 9.17) is 0 Å². The van der Waals surface area contributed by atoms with Gasteiger partial charge in [-0.3, -0.25) is 4.79 Å². The Kier molecular flexibility index (Phi) is 4.15. The molecule has 0 radical (unpaired) electrons. The molecule has 22 heavy (non-hydrogen) atoms. The van der Waals surface area contributed by atoms with Crippen LogP contribution in [-0.4, -0.2) is 22.9 Å². The van der Waals surface area contributed by atoms with Crippen LogP contribution in [-0.2, 0) is 4.79 Å². The van der Waals surface area contributed by atoms with Gasteiger partial charge in [0.05, 0.1) is 10.9 Å². The zero-order chi connectivity index (χ0) is 15.5. The van der Waals surface area contributed by atoms with Gasteiger partial charge in [-0.1, -0.05) is 48.5 Å². The number of nitrogens with zero attached hydrogens (tertiary/aromatic N) is 1. The Labute approximate surface area is 132 Å². The molecule has 5 heteroatoms. The lowest BCUT2D eigenvalue weighted by atomic mass is 10.0. The smallest absolute Gasteiger partial charge is 0.418 e. The number of carboxylic acid groups (broad SMARTS) is 1. The van der Waals surface area contributed by atoms with Crippen LogP contribution in [0, 0.1) is 0 Å². The molecule has 1 aliphatic rings. The number of rotatable bonds is 1. The van der Waals surface area contributed by atoms with Crippen LogP contribution in [0.5, 0.6) is 0 Å². The van der Waals surface area contributed by atoms with Gasteiger partial charge in [-0.2, -0.15) is 0 Å². The van der Waals surface area contributed by atoms with E-state index in [9.17, 15) is 14.7 Å². The molecule has 0 aliphatic carbocycles. The average Bonchev–Trinajstić information content (AvgIpc) is 2.51. The number of carbonyl (C=O) groups is 2. The molecule has 0 bridgehead atoms. The molecule has 0 saturated carbocycles. The van der Waals surface area contributed by atoms with E-state index in [-0.39, 0.29) is 17.6 Å². The van der Waals surface area contributed by atoms with Gasteiger partial charge in [-0.25, -0.2) is 9.69 Å². The molecule has 0 fully saturated rings. The van der Waals surface area contributed by atoms with Crippen LogP contribution in [0.4, 0.5) is 10.5 Å². The third-order valence-electron chi connectivity index (χ3n) is 3.60. The lowest BCUT2D eigenvalue weighted by molar-refractivity contribution is -0.117. The molecule has 0 aromatic heterocycles. The summed E-state index contributed by atoms with van der Waals surface area (Å²) in [7, 11) is 0. The number of fused-ring (bicyclic) bond motifs is 1. The molecule has 2 amide bonds. The highest BCUT2D eigenvalue weighted by atomic mass is 32.2. The van der Waals surface area contributed by atoms with Crippen LogP contribution in [0.15, 0.2) is 54.6 Å². The fourth-order valence-electron chi connectivity index (χ4n) is 2.63. The Morgan fingerprint density at radius 1 is 1.09 bits per heavy atom. The van der Waals surface area contributed by atoms with Gasteiger partial charge in [0.25, 0.3) is 0 Å². The molecule has 0 saturated heterocycles. The van der Waals surface area contributed by atoms with Crippen molar-refractivity contribution in [3.05, 3.63) is 65.7 Å². The maximum Gasteiger partial charge on any atom is 0.418 e. The Balaban J connectivity index is 2.15. The van der Waals surface area contributed by atoms with Crippen molar-refractivity contribution in [2.45, 2.75) is 11.7 Å². The molecule has 1 atom stereocenters. The van der Waals surface area contributed by atoms with Gasteiger partial charge in [-0.15, -0.1) is 11.8 Å². The maximum absolute atomic E-state index is 12.1. The number of hydrogen-bond donors (Lipinski definition) is 1. The van der Waals surface area contributed by atoms with E-state index in [1.54, 1.807) is 23.9 Å². The van der Waals surface area contributed by atoms with Gasteiger partial charge >= 0.3 is 6.09 Å². The van der Waals surface area contributed by atoms with E-state index >= 15 is 0 Å². The number of hydrogen-bond acceptors (Lipinski definition) is 3. The standard InChI is InChI=1S/C17H15NO3S/c19-15-10-11-22-16(12-6-2-1-3-7-12)13-8-4-5-9-14(13)18(15)17(20)21/h1-9,16H,10-11H2,(H,20,21). The predicted octanol–water partition coefficient (Wildman–Crippen LogP) is 3.92. The van der Waals surface area contributed by atoms with Gasteiger partial charge < -0.3 is 5.11 Å². The maximum atomic E-state index is 12.1. The second-order valence-electron chi connectivity index (χ2n) is 4.98. The van der Waals surface area contributed by atoms with E-state index in [1.165, 1.54) is 0 Å². The van der Waals surface area contributed by atoms with Gasteiger partial charge in [0.2, 0.25) is 5.91 Å². The van der Waals surface area contributed by atoms with Gasteiger partial charge in [-0.05, 0) is 17.2 Å². The van der Waals surface area contributed by atoms with E-state index in [2.05, 4.69) is 0 Å². The van der Waals surface area contributed by atoms with Crippen molar-refractivity contribution >= 4 is 29.4 Å². The zero-order valence-electron chi connectivity index (χ0n) is 11.8. The van der Waals surface area contributed by atoms with Gasteiger partial charge in [0.1, 0.15) is 0 Å². The summed E-state index contributed by atoms with van der Waals surface area (Å²) in [5, 5.41) is 9.45. The van der Waals surface area contributed by atoms with E-state index in [0.29, 0.717) is 11.4 Å². The molecule has 1 unspecified atom stereocenters. The molecule has 1 aliphatic heterocycles. The summed E-state index contributed by atoms with van der Waals surface area (Å²) in [6.07, 6.45) is -1.01. The van der Waals surface area contributed by atoms with Crippen molar-refractivity contribution in [2.24, 2.45) is 0 Å². The normalized spacial score (nSPS) is 18.3. The molecule has 1 heterocycles. The van der Waals surface area contributed by atoms with Crippen LogP contribution in [0.1, 0.15) is 22.8 Å². The first-order chi connectivity index (χ1) is 10.7. The first kappa shape index (κ1) is 14.7. The highest BCUT2D eigenvalue weighted by molar-refractivity contribution is 7.99. The predicted molar refractivity (Wildman–Crippen MR) is 87.3 cm³/mol. The summed E-state index contributed by atoms with van der Waals surface area (Å²) in [6, 6.07) is 17.2. The molecule has 1 N–H and O–H groups in total. The van der Waals surface area contributed by atoms with Crippen LogP contribution < -0.4 is 4.90 Å². The lowest BCUT2D eigenvalue weighted by Gasteiger charge is -2.28. The summed E-state index contributed by atoms with van der Waals surface area (Å²) in [5.41, 5.74) is 2.43. The summed E-state index contributed by atoms with van der Waals surface area (Å²) < 4.78 is 0. The summed E-state index contributed by atoms with van der Waals surface area (Å²) in [6.45, 7) is 0. The largest absolute Gasteiger partial charge is 0.464 e. The third-order valence-corrected chi connectivity index (χ3v) is 4.90. The van der Waals surface area contributed by atoms with E-state index < -0.39 is 6.09 Å². The molecule has 2 aromatic carbocycles. The zero-order valence-corrected chi connectivity index (χ0v) is 12.6. The molecule has 112 valence electrons. The van der Waals surface area contributed by atoms with Crippen molar-refractivity contribution in [3.63, 3.8) is 0 Å². The average molecular weight is 313 g/mol. The molecule has 2 aromatic rings.